The van der Waals surface area contributed by atoms with E-state index >= 15 is 0 Å². The van der Waals surface area contributed by atoms with Gasteiger partial charge in [-0.3, -0.25) is 4.68 Å². The van der Waals surface area contributed by atoms with Crippen LogP contribution >= 0.6 is 0 Å². The van der Waals surface area contributed by atoms with Gasteiger partial charge < -0.3 is 30.3 Å². The smallest absolute Gasteiger partial charge is 0.322 e. The molecule has 4 heterocycles. The summed E-state index contributed by atoms with van der Waals surface area (Å²) in [6.07, 6.45) is 0. The second kappa shape index (κ2) is 8.36. The summed E-state index contributed by atoms with van der Waals surface area (Å²) in [5.41, 5.74) is 8.82. The highest BCUT2D eigenvalue weighted by atomic mass is 16.5. The van der Waals surface area contributed by atoms with E-state index in [1.807, 2.05) is 20.9 Å². The van der Waals surface area contributed by atoms with Crippen molar-refractivity contribution in [2.45, 2.75) is 19.9 Å². The van der Waals surface area contributed by atoms with Crippen LogP contribution in [0.4, 0.5) is 22.2 Å². The molecule has 3 N–H and O–H groups in total. The van der Waals surface area contributed by atoms with Crippen molar-refractivity contribution >= 4 is 34.5 Å². The molecule has 1 fully saturated rings. The van der Waals surface area contributed by atoms with E-state index in [1.54, 1.807) is 21.7 Å². The molecule has 1 aliphatic rings. The summed E-state index contributed by atoms with van der Waals surface area (Å²) in [6.45, 7) is 5.53. The average molecular weight is 441 g/mol. The Morgan fingerprint density at radius 3 is 2.66 bits per heavy atom. The Bertz CT molecular complexity index is 1160. The lowest BCUT2D eigenvalue weighted by atomic mass is 10.2. The highest BCUT2D eigenvalue weighted by Gasteiger charge is 2.30. The van der Waals surface area contributed by atoms with E-state index in [9.17, 15) is 4.79 Å². The van der Waals surface area contributed by atoms with E-state index in [0.717, 1.165) is 22.5 Å². The summed E-state index contributed by atoms with van der Waals surface area (Å²) in [7, 11) is 4.88. The van der Waals surface area contributed by atoms with Crippen LogP contribution in [0.5, 0.6) is 11.8 Å². The van der Waals surface area contributed by atoms with E-state index in [-0.39, 0.29) is 23.9 Å². The molecule has 0 bridgehead atoms. The number of hydrogen-bond donors (Lipinski definition) is 2. The third kappa shape index (κ3) is 3.79. The minimum absolute atomic E-state index is 0.00176. The molecule has 0 radical (unpaired) electrons. The van der Waals surface area contributed by atoms with E-state index in [4.69, 9.17) is 15.2 Å². The van der Waals surface area contributed by atoms with Crippen LogP contribution in [0.3, 0.4) is 0 Å². The Morgan fingerprint density at radius 1 is 1.19 bits per heavy atom. The predicted octanol–water partition coefficient (Wildman–Crippen LogP) is 1.41. The normalized spacial score (nSPS) is 16.3. The van der Waals surface area contributed by atoms with Crippen molar-refractivity contribution in [2.75, 3.05) is 49.8 Å². The van der Waals surface area contributed by atoms with Crippen LogP contribution in [0, 0.1) is 6.92 Å². The second-order valence-electron chi connectivity index (χ2n) is 7.64. The van der Waals surface area contributed by atoms with Crippen LogP contribution in [-0.4, -0.2) is 75.6 Å². The number of urea groups is 1. The maximum Gasteiger partial charge on any atom is 0.322 e. The fraction of sp³-hybridized carbons (Fsp3) is 0.450. The fourth-order valence-electron chi connectivity index (χ4n) is 3.97. The molecular weight excluding hydrogens is 414 g/mol. The van der Waals surface area contributed by atoms with Gasteiger partial charge in [-0.25, -0.2) is 9.78 Å². The molecule has 2 amide bonds. The molecule has 1 saturated heterocycles. The summed E-state index contributed by atoms with van der Waals surface area (Å²) in [4.78, 5) is 29.9. The van der Waals surface area contributed by atoms with Crippen LogP contribution in [-0.2, 0) is 7.05 Å². The quantitative estimate of drug-likeness (QED) is 0.615. The number of pyridine rings is 1. The molecule has 32 heavy (non-hydrogen) atoms. The van der Waals surface area contributed by atoms with Crippen molar-refractivity contribution < 1.29 is 14.3 Å². The number of anilines is 3. The first kappa shape index (κ1) is 21.4. The van der Waals surface area contributed by atoms with Crippen LogP contribution in [0.1, 0.15) is 12.6 Å². The van der Waals surface area contributed by atoms with Gasteiger partial charge in [0.05, 0.1) is 19.9 Å². The number of rotatable bonds is 4. The standard InChI is InChI=1S/C20H27N9O3/c1-11-10-28(20(30)22-13-6-7-14(31-4)23-18(13)32-5)8-9-29(11)17-16-15(24-19(21)25-17)12(2)26-27(16)3/h6-7,11H,8-10H2,1-5H3,(H,22,30)(H2,21,24,25)/t11-/m0/s1. The third-order valence-corrected chi connectivity index (χ3v) is 5.51. The number of amides is 2. The van der Waals surface area contributed by atoms with Gasteiger partial charge in [0.1, 0.15) is 16.7 Å². The molecule has 0 unspecified atom stereocenters. The first-order valence-electron chi connectivity index (χ1n) is 10.2. The van der Waals surface area contributed by atoms with Gasteiger partial charge in [-0.05, 0) is 19.9 Å². The molecule has 3 aromatic rings. The van der Waals surface area contributed by atoms with Crippen molar-refractivity contribution in [1.82, 2.24) is 29.6 Å². The summed E-state index contributed by atoms with van der Waals surface area (Å²) in [5, 5.41) is 7.34. The Balaban J connectivity index is 1.52. The highest BCUT2D eigenvalue weighted by Crippen LogP contribution is 2.30. The Hall–Kier alpha value is -3.83. The van der Waals surface area contributed by atoms with Gasteiger partial charge in [-0.15, -0.1) is 0 Å². The number of nitrogen functional groups attached to an aromatic ring is 1. The molecule has 12 heteroatoms. The van der Waals surface area contributed by atoms with Gasteiger partial charge in [0.25, 0.3) is 0 Å². The van der Waals surface area contributed by atoms with Crippen LogP contribution < -0.4 is 25.4 Å². The minimum atomic E-state index is -0.231. The molecule has 170 valence electrons. The summed E-state index contributed by atoms with van der Waals surface area (Å²) >= 11 is 0. The number of nitrogens with two attached hydrogens (primary N) is 1. The maximum atomic E-state index is 12.9. The number of fused-ring (bicyclic) bond motifs is 1. The summed E-state index contributed by atoms with van der Waals surface area (Å²) in [5.74, 6) is 1.62. The monoisotopic (exact) mass is 441 g/mol. The number of aromatic nitrogens is 5. The van der Waals surface area contributed by atoms with E-state index in [1.165, 1.54) is 14.2 Å². The number of carbonyl (C=O) groups excluding carboxylic acids is 1. The van der Waals surface area contributed by atoms with Crippen molar-refractivity contribution in [2.24, 2.45) is 7.05 Å². The Labute approximate surface area is 185 Å². The zero-order valence-corrected chi connectivity index (χ0v) is 18.8. The number of nitrogens with one attached hydrogen (secondary N) is 1. The lowest BCUT2D eigenvalue weighted by Gasteiger charge is -2.40. The lowest BCUT2D eigenvalue weighted by molar-refractivity contribution is 0.200. The number of ether oxygens (including phenoxy) is 2. The van der Waals surface area contributed by atoms with Gasteiger partial charge in [0.2, 0.25) is 17.7 Å². The van der Waals surface area contributed by atoms with Gasteiger partial charge >= 0.3 is 6.03 Å². The molecule has 1 atom stereocenters. The zero-order valence-electron chi connectivity index (χ0n) is 18.8. The largest absolute Gasteiger partial charge is 0.481 e. The molecule has 0 spiro atoms. The van der Waals surface area contributed by atoms with Crippen molar-refractivity contribution in [1.29, 1.82) is 0 Å². The molecule has 4 rings (SSSR count). The average Bonchev–Trinajstić information content (AvgIpc) is 3.06. The van der Waals surface area contributed by atoms with E-state index in [2.05, 4.69) is 30.3 Å². The molecule has 0 aliphatic carbocycles. The number of methoxy groups -OCH3 is 2. The van der Waals surface area contributed by atoms with E-state index < -0.39 is 0 Å². The van der Waals surface area contributed by atoms with Crippen LogP contribution in [0.2, 0.25) is 0 Å². The maximum absolute atomic E-state index is 12.9. The number of aryl methyl sites for hydroxylation is 2. The van der Waals surface area contributed by atoms with Gasteiger partial charge in [0.15, 0.2) is 5.82 Å². The number of nitrogens with zero attached hydrogens (tertiary/aromatic N) is 7. The zero-order chi connectivity index (χ0) is 23.0. The summed E-state index contributed by atoms with van der Waals surface area (Å²) in [6, 6.07) is 3.13. The number of piperazine rings is 1. The van der Waals surface area contributed by atoms with Gasteiger partial charge in [-0.1, -0.05) is 0 Å². The van der Waals surface area contributed by atoms with Gasteiger partial charge in [-0.2, -0.15) is 15.1 Å². The van der Waals surface area contributed by atoms with Crippen LogP contribution in [0.15, 0.2) is 12.1 Å². The fourth-order valence-corrected chi connectivity index (χ4v) is 3.97. The lowest BCUT2D eigenvalue weighted by Crippen LogP contribution is -2.55. The first-order chi connectivity index (χ1) is 15.3. The minimum Gasteiger partial charge on any atom is -0.481 e. The predicted molar refractivity (Wildman–Crippen MR) is 120 cm³/mol. The van der Waals surface area contributed by atoms with Crippen LogP contribution in [0.25, 0.3) is 11.0 Å². The molecular formula is C20H27N9O3. The molecule has 0 aromatic carbocycles. The topological polar surface area (TPSA) is 137 Å². The SMILES string of the molecule is COc1ccc(NC(=O)N2CCN(c3nc(N)nc4c(C)nn(C)c34)[C@@H](C)C2)c(OC)n1. The van der Waals surface area contributed by atoms with Crippen molar-refractivity contribution in [3.8, 4) is 11.8 Å². The number of carbonyl (C=O) groups is 1. The third-order valence-electron chi connectivity index (χ3n) is 5.51. The second-order valence-corrected chi connectivity index (χ2v) is 7.64. The van der Waals surface area contributed by atoms with Gasteiger partial charge in [0, 0.05) is 38.8 Å². The number of hydrogen-bond acceptors (Lipinski definition) is 9. The first-order valence-corrected chi connectivity index (χ1v) is 10.2. The van der Waals surface area contributed by atoms with E-state index in [0.29, 0.717) is 31.2 Å². The molecule has 3 aromatic heterocycles. The summed E-state index contributed by atoms with van der Waals surface area (Å²) < 4.78 is 12.1. The Morgan fingerprint density at radius 2 is 1.97 bits per heavy atom. The Kier molecular flexibility index (Phi) is 5.59. The van der Waals surface area contributed by atoms with Crippen molar-refractivity contribution in [3.05, 3.63) is 17.8 Å². The molecule has 12 nitrogen and oxygen atoms in total. The van der Waals surface area contributed by atoms with Crippen molar-refractivity contribution in [3.63, 3.8) is 0 Å². The molecule has 1 aliphatic heterocycles. The molecule has 0 saturated carbocycles. The highest BCUT2D eigenvalue weighted by molar-refractivity contribution is 5.92.